The Morgan fingerprint density at radius 3 is 2.19 bits per heavy atom. The SMILES string of the molecule is Oc1ccccc1/C=N/c1cc(-c2ccccc2)nn1-c1ccccc1. The molecule has 0 aliphatic heterocycles. The number of hydrogen-bond donors (Lipinski definition) is 1. The first-order chi connectivity index (χ1) is 12.8. The number of rotatable bonds is 4. The second-order valence-electron chi connectivity index (χ2n) is 5.82. The first kappa shape index (κ1) is 15.8. The van der Waals surface area contributed by atoms with Gasteiger partial charge in [-0.15, -0.1) is 0 Å². The van der Waals surface area contributed by atoms with E-state index in [1.165, 1.54) is 0 Å². The van der Waals surface area contributed by atoms with Gasteiger partial charge in [0.25, 0.3) is 0 Å². The lowest BCUT2D eigenvalue weighted by atomic mass is 10.1. The molecule has 4 heteroatoms. The molecule has 4 aromatic rings. The van der Waals surface area contributed by atoms with Crippen molar-refractivity contribution in [3.05, 3.63) is 96.6 Å². The van der Waals surface area contributed by atoms with Crippen molar-refractivity contribution in [2.24, 2.45) is 4.99 Å². The second kappa shape index (κ2) is 7.07. The molecule has 1 heterocycles. The molecule has 0 radical (unpaired) electrons. The summed E-state index contributed by atoms with van der Waals surface area (Å²) in [4.78, 5) is 4.58. The molecule has 0 saturated heterocycles. The molecule has 1 aromatic heterocycles. The molecule has 4 rings (SSSR count). The molecule has 0 amide bonds. The van der Waals surface area contributed by atoms with Crippen LogP contribution in [0.3, 0.4) is 0 Å². The van der Waals surface area contributed by atoms with Crippen LogP contribution in [0.1, 0.15) is 5.56 Å². The predicted molar refractivity (Wildman–Crippen MR) is 104 cm³/mol. The zero-order chi connectivity index (χ0) is 17.8. The van der Waals surface area contributed by atoms with Gasteiger partial charge < -0.3 is 5.11 Å². The summed E-state index contributed by atoms with van der Waals surface area (Å²) in [5, 5.41) is 14.7. The molecule has 0 aliphatic rings. The maximum absolute atomic E-state index is 9.94. The number of para-hydroxylation sites is 2. The minimum absolute atomic E-state index is 0.199. The summed E-state index contributed by atoms with van der Waals surface area (Å²) in [6.45, 7) is 0. The van der Waals surface area contributed by atoms with Gasteiger partial charge in [-0.1, -0.05) is 60.7 Å². The van der Waals surface area contributed by atoms with E-state index in [-0.39, 0.29) is 5.75 Å². The monoisotopic (exact) mass is 339 g/mol. The van der Waals surface area contributed by atoms with Crippen LogP contribution in [0.15, 0.2) is 96.0 Å². The molecule has 0 unspecified atom stereocenters. The van der Waals surface area contributed by atoms with Crippen LogP contribution in [-0.2, 0) is 0 Å². The van der Waals surface area contributed by atoms with Crippen LogP contribution in [0.5, 0.6) is 5.75 Å². The van der Waals surface area contributed by atoms with E-state index < -0.39 is 0 Å². The Morgan fingerprint density at radius 2 is 1.46 bits per heavy atom. The maximum Gasteiger partial charge on any atom is 0.156 e. The van der Waals surface area contributed by atoms with Crippen molar-refractivity contribution in [1.29, 1.82) is 0 Å². The number of phenols is 1. The van der Waals surface area contributed by atoms with Crippen molar-refractivity contribution in [1.82, 2.24) is 9.78 Å². The van der Waals surface area contributed by atoms with Crippen molar-refractivity contribution >= 4 is 12.0 Å². The van der Waals surface area contributed by atoms with Gasteiger partial charge in [0.1, 0.15) is 5.75 Å². The van der Waals surface area contributed by atoms with Crippen molar-refractivity contribution in [2.75, 3.05) is 0 Å². The fourth-order valence-corrected chi connectivity index (χ4v) is 2.70. The predicted octanol–water partition coefficient (Wildman–Crippen LogP) is 5.00. The topological polar surface area (TPSA) is 50.4 Å². The van der Waals surface area contributed by atoms with Crippen molar-refractivity contribution < 1.29 is 5.11 Å². The van der Waals surface area contributed by atoms with Crippen LogP contribution in [0.25, 0.3) is 16.9 Å². The molecular formula is C22H17N3O. The molecule has 0 fully saturated rings. The van der Waals surface area contributed by atoms with Gasteiger partial charge >= 0.3 is 0 Å². The molecule has 0 bridgehead atoms. The Kier molecular flexibility index (Phi) is 4.31. The van der Waals surface area contributed by atoms with Gasteiger partial charge in [-0.2, -0.15) is 5.10 Å². The third-order valence-electron chi connectivity index (χ3n) is 4.03. The molecule has 0 atom stereocenters. The van der Waals surface area contributed by atoms with Gasteiger partial charge in [0, 0.05) is 23.4 Å². The third-order valence-corrected chi connectivity index (χ3v) is 4.03. The number of benzene rings is 3. The van der Waals surface area contributed by atoms with E-state index in [2.05, 4.69) is 4.99 Å². The van der Waals surface area contributed by atoms with E-state index in [1.54, 1.807) is 23.0 Å². The Labute approximate surface area is 151 Å². The molecule has 0 spiro atoms. The Bertz CT molecular complexity index is 1040. The van der Waals surface area contributed by atoms with Gasteiger partial charge in [-0.25, -0.2) is 9.67 Å². The number of aromatic hydroxyl groups is 1. The first-order valence-electron chi connectivity index (χ1n) is 8.34. The summed E-state index contributed by atoms with van der Waals surface area (Å²) >= 11 is 0. The van der Waals surface area contributed by atoms with Crippen LogP contribution in [0.2, 0.25) is 0 Å². The quantitative estimate of drug-likeness (QED) is 0.532. The minimum Gasteiger partial charge on any atom is -0.507 e. The zero-order valence-electron chi connectivity index (χ0n) is 14.0. The average Bonchev–Trinajstić information content (AvgIpc) is 3.13. The highest BCUT2D eigenvalue weighted by atomic mass is 16.3. The summed E-state index contributed by atoms with van der Waals surface area (Å²) in [7, 11) is 0. The van der Waals surface area contributed by atoms with E-state index in [0.717, 1.165) is 16.9 Å². The van der Waals surface area contributed by atoms with Crippen molar-refractivity contribution in [3.63, 3.8) is 0 Å². The summed E-state index contributed by atoms with van der Waals surface area (Å²) < 4.78 is 1.80. The largest absolute Gasteiger partial charge is 0.507 e. The van der Waals surface area contributed by atoms with Crippen molar-refractivity contribution in [3.8, 4) is 22.7 Å². The fraction of sp³-hybridized carbons (Fsp3) is 0. The normalized spacial score (nSPS) is 11.1. The van der Waals surface area contributed by atoms with Crippen LogP contribution in [0, 0.1) is 0 Å². The molecule has 26 heavy (non-hydrogen) atoms. The summed E-state index contributed by atoms with van der Waals surface area (Å²) in [5.74, 6) is 0.892. The number of aliphatic imine (C=N–C) groups is 1. The van der Waals surface area contributed by atoms with Gasteiger partial charge in [0.2, 0.25) is 0 Å². The molecule has 1 N–H and O–H groups in total. The van der Waals surface area contributed by atoms with E-state index in [9.17, 15) is 5.11 Å². The number of nitrogens with zero attached hydrogens (tertiary/aromatic N) is 3. The van der Waals surface area contributed by atoms with E-state index in [0.29, 0.717) is 11.4 Å². The number of hydrogen-bond acceptors (Lipinski definition) is 3. The van der Waals surface area contributed by atoms with E-state index in [4.69, 9.17) is 5.10 Å². The lowest BCUT2D eigenvalue weighted by Crippen LogP contribution is -1.96. The van der Waals surface area contributed by atoms with Gasteiger partial charge in [0.05, 0.1) is 11.4 Å². The lowest BCUT2D eigenvalue weighted by Gasteiger charge is -2.03. The Morgan fingerprint density at radius 1 is 0.808 bits per heavy atom. The fourth-order valence-electron chi connectivity index (χ4n) is 2.70. The van der Waals surface area contributed by atoms with E-state index in [1.807, 2.05) is 78.9 Å². The molecule has 126 valence electrons. The summed E-state index contributed by atoms with van der Waals surface area (Å²) in [6, 6.07) is 28.9. The molecule has 0 aliphatic carbocycles. The molecular weight excluding hydrogens is 322 g/mol. The Hall–Kier alpha value is -3.66. The van der Waals surface area contributed by atoms with Gasteiger partial charge in [-0.3, -0.25) is 0 Å². The highest BCUT2D eigenvalue weighted by Crippen LogP contribution is 2.27. The van der Waals surface area contributed by atoms with Crippen LogP contribution in [0.4, 0.5) is 5.82 Å². The molecule has 4 nitrogen and oxygen atoms in total. The average molecular weight is 339 g/mol. The number of phenolic OH excluding ortho intramolecular Hbond substituents is 1. The van der Waals surface area contributed by atoms with Crippen LogP contribution in [-0.4, -0.2) is 21.1 Å². The standard InChI is InChI=1S/C22H17N3O/c26-21-14-8-7-11-18(21)16-23-22-15-20(17-9-3-1-4-10-17)24-25(22)19-12-5-2-6-13-19/h1-16,26H/b23-16+. The Balaban J connectivity index is 1.80. The smallest absolute Gasteiger partial charge is 0.156 e. The van der Waals surface area contributed by atoms with Crippen LogP contribution < -0.4 is 0 Å². The minimum atomic E-state index is 0.199. The van der Waals surface area contributed by atoms with E-state index >= 15 is 0 Å². The summed E-state index contributed by atoms with van der Waals surface area (Å²) in [6.07, 6.45) is 1.65. The van der Waals surface area contributed by atoms with Gasteiger partial charge in [-0.05, 0) is 24.3 Å². The highest BCUT2D eigenvalue weighted by molar-refractivity contribution is 5.85. The van der Waals surface area contributed by atoms with Crippen LogP contribution >= 0.6 is 0 Å². The number of aromatic nitrogens is 2. The second-order valence-corrected chi connectivity index (χ2v) is 5.82. The highest BCUT2D eigenvalue weighted by Gasteiger charge is 2.10. The van der Waals surface area contributed by atoms with Gasteiger partial charge in [0.15, 0.2) is 5.82 Å². The maximum atomic E-state index is 9.94. The van der Waals surface area contributed by atoms with Crippen molar-refractivity contribution in [2.45, 2.75) is 0 Å². The lowest BCUT2D eigenvalue weighted by molar-refractivity contribution is 0.474. The molecule has 3 aromatic carbocycles. The summed E-state index contributed by atoms with van der Waals surface area (Å²) in [5.41, 5.74) is 3.47. The third kappa shape index (κ3) is 3.26. The zero-order valence-corrected chi connectivity index (χ0v) is 14.0. The molecule has 0 saturated carbocycles. The first-order valence-corrected chi connectivity index (χ1v) is 8.34.